The molecule has 4 nitrogen and oxygen atoms in total. The third kappa shape index (κ3) is 4.84. The molecule has 0 spiro atoms. The molecule has 0 aromatic heterocycles. The van der Waals surface area contributed by atoms with E-state index in [1.807, 2.05) is 23.6 Å². The molecule has 0 aromatic carbocycles. The van der Waals surface area contributed by atoms with Crippen molar-refractivity contribution in [2.24, 2.45) is 5.92 Å². The standard InChI is InChI=1S/C15H28N2O2/c1-4-6-8-14(18)16-9-7-10-17(12-11-16)15(19)13(3)5-2/h13H,4-12H2,1-3H3. The molecule has 0 aliphatic carbocycles. The van der Waals surface area contributed by atoms with E-state index < -0.39 is 0 Å². The maximum absolute atomic E-state index is 12.2. The Morgan fingerprint density at radius 3 is 2.32 bits per heavy atom. The van der Waals surface area contributed by atoms with Gasteiger partial charge in [-0.25, -0.2) is 0 Å². The minimum Gasteiger partial charge on any atom is -0.341 e. The molecular formula is C15H28N2O2. The van der Waals surface area contributed by atoms with Crippen LogP contribution in [0.2, 0.25) is 0 Å². The van der Waals surface area contributed by atoms with Crippen LogP contribution in [0.25, 0.3) is 0 Å². The van der Waals surface area contributed by atoms with Gasteiger partial charge in [0.1, 0.15) is 0 Å². The molecule has 0 radical (unpaired) electrons. The van der Waals surface area contributed by atoms with Crippen molar-refractivity contribution in [3.63, 3.8) is 0 Å². The number of amides is 2. The lowest BCUT2D eigenvalue weighted by molar-refractivity contribution is -0.136. The van der Waals surface area contributed by atoms with Crippen LogP contribution in [0.15, 0.2) is 0 Å². The quantitative estimate of drug-likeness (QED) is 0.767. The fourth-order valence-corrected chi connectivity index (χ4v) is 2.36. The highest BCUT2D eigenvalue weighted by Crippen LogP contribution is 2.11. The molecule has 4 heteroatoms. The highest BCUT2D eigenvalue weighted by molar-refractivity contribution is 5.79. The molecule has 0 aromatic rings. The van der Waals surface area contributed by atoms with E-state index in [2.05, 4.69) is 6.92 Å². The van der Waals surface area contributed by atoms with Gasteiger partial charge in [-0.05, 0) is 19.3 Å². The molecule has 110 valence electrons. The van der Waals surface area contributed by atoms with Gasteiger partial charge in [0.25, 0.3) is 0 Å². The molecule has 1 heterocycles. The zero-order valence-corrected chi connectivity index (χ0v) is 12.7. The third-order valence-electron chi connectivity index (χ3n) is 3.94. The number of rotatable bonds is 5. The van der Waals surface area contributed by atoms with Crippen LogP contribution in [0.4, 0.5) is 0 Å². The first kappa shape index (κ1) is 16.0. The SMILES string of the molecule is CCCCC(=O)N1CCCN(C(=O)C(C)CC)CC1. The van der Waals surface area contributed by atoms with E-state index in [1.165, 1.54) is 0 Å². The topological polar surface area (TPSA) is 40.6 Å². The summed E-state index contributed by atoms with van der Waals surface area (Å²) < 4.78 is 0. The predicted molar refractivity (Wildman–Crippen MR) is 76.8 cm³/mol. The summed E-state index contributed by atoms with van der Waals surface area (Å²) in [5.41, 5.74) is 0. The normalized spacial score (nSPS) is 18.1. The molecule has 1 atom stereocenters. The Labute approximate surface area is 117 Å². The molecule has 19 heavy (non-hydrogen) atoms. The second kappa shape index (κ2) is 8.18. The number of nitrogens with zero attached hydrogens (tertiary/aromatic N) is 2. The first-order valence-corrected chi connectivity index (χ1v) is 7.66. The highest BCUT2D eigenvalue weighted by atomic mass is 16.2. The molecule has 0 N–H and O–H groups in total. The van der Waals surface area contributed by atoms with Crippen LogP contribution in [0.3, 0.4) is 0 Å². The molecule has 1 fully saturated rings. The smallest absolute Gasteiger partial charge is 0.225 e. The van der Waals surface area contributed by atoms with Gasteiger partial charge in [-0.1, -0.05) is 27.2 Å². The molecule has 2 amide bonds. The molecule has 1 saturated heterocycles. The van der Waals surface area contributed by atoms with Crippen molar-refractivity contribution in [1.29, 1.82) is 0 Å². The zero-order valence-electron chi connectivity index (χ0n) is 12.7. The van der Waals surface area contributed by atoms with Gasteiger partial charge in [0.2, 0.25) is 11.8 Å². The molecule has 1 rings (SSSR count). The average Bonchev–Trinajstić information content (AvgIpc) is 2.68. The van der Waals surface area contributed by atoms with Crippen molar-refractivity contribution in [3.8, 4) is 0 Å². The van der Waals surface area contributed by atoms with Gasteiger partial charge in [-0.3, -0.25) is 9.59 Å². The molecule has 0 bridgehead atoms. The van der Waals surface area contributed by atoms with Gasteiger partial charge < -0.3 is 9.80 Å². The van der Waals surface area contributed by atoms with Crippen molar-refractivity contribution in [2.45, 2.75) is 52.9 Å². The van der Waals surface area contributed by atoms with Crippen LogP contribution in [0.5, 0.6) is 0 Å². The van der Waals surface area contributed by atoms with Crippen LogP contribution in [-0.4, -0.2) is 47.8 Å². The lowest BCUT2D eigenvalue weighted by Gasteiger charge is -2.24. The van der Waals surface area contributed by atoms with E-state index in [1.54, 1.807) is 0 Å². The number of unbranched alkanes of at least 4 members (excludes halogenated alkanes) is 1. The maximum atomic E-state index is 12.2. The van der Waals surface area contributed by atoms with E-state index in [0.717, 1.165) is 38.8 Å². The van der Waals surface area contributed by atoms with Crippen molar-refractivity contribution >= 4 is 11.8 Å². The number of carbonyl (C=O) groups excluding carboxylic acids is 2. The third-order valence-corrected chi connectivity index (χ3v) is 3.94. The van der Waals surface area contributed by atoms with Gasteiger partial charge in [-0.15, -0.1) is 0 Å². The Morgan fingerprint density at radius 1 is 1.05 bits per heavy atom. The fourth-order valence-electron chi connectivity index (χ4n) is 2.36. The molecular weight excluding hydrogens is 240 g/mol. The number of carbonyl (C=O) groups is 2. The zero-order chi connectivity index (χ0) is 14.3. The highest BCUT2D eigenvalue weighted by Gasteiger charge is 2.23. The summed E-state index contributed by atoms with van der Waals surface area (Å²) >= 11 is 0. The van der Waals surface area contributed by atoms with Crippen LogP contribution in [0.1, 0.15) is 52.9 Å². The van der Waals surface area contributed by atoms with Crippen LogP contribution < -0.4 is 0 Å². The van der Waals surface area contributed by atoms with E-state index in [0.29, 0.717) is 19.5 Å². The minimum atomic E-state index is 0.0994. The fraction of sp³-hybridized carbons (Fsp3) is 0.867. The van der Waals surface area contributed by atoms with E-state index >= 15 is 0 Å². The van der Waals surface area contributed by atoms with Crippen molar-refractivity contribution in [3.05, 3.63) is 0 Å². The molecule has 0 saturated carbocycles. The second-order valence-electron chi connectivity index (χ2n) is 5.47. The summed E-state index contributed by atoms with van der Waals surface area (Å²) in [5.74, 6) is 0.590. The Balaban J connectivity index is 2.47. The van der Waals surface area contributed by atoms with Crippen molar-refractivity contribution < 1.29 is 9.59 Å². The van der Waals surface area contributed by atoms with Gasteiger partial charge in [0.15, 0.2) is 0 Å². The first-order valence-electron chi connectivity index (χ1n) is 7.66. The van der Waals surface area contributed by atoms with E-state index in [-0.39, 0.29) is 17.7 Å². The summed E-state index contributed by atoms with van der Waals surface area (Å²) in [6.45, 7) is 9.11. The Morgan fingerprint density at radius 2 is 1.68 bits per heavy atom. The van der Waals surface area contributed by atoms with Crippen LogP contribution >= 0.6 is 0 Å². The molecule has 1 aliphatic heterocycles. The summed E-state index contributed by atoms with van der Waals surface area (Å²) in [7, 11) is 0. The van der Waals surface area contributed by atoms with Crippen molar-refractivity contribution in [2.75, 3.05) is 26.2 Å². The number of hydrogen-bond acceptors (Lipinski definition) is 2. The molecule has 1 aliphatic rings. The van der Waals surface area contributed by atoms with Crippen molar-refractivity contribution in [1.82, 2.24) is 9.80 Å². The summed E-state index contributed by atoms with van der Waals surface area (Å²) in [5, 5.41) is 0. The second-order valence-corrected chi connectivity index (χ2v) is 5.47. The van der Waals surface area contributed by atoms with Gasteiger partial charge in [0.05, 0.1) is 0 Å². The predicted octanol–water partition coefficient (Wildman–Crippen LogP) is 2.28. The lowest BCUT2D eigenvalue weighted by atomic mass is 10.1. The van der Waals surface area contributed by atoms with Gasteiger partial charge in [-0.2, -0.15) is 0 Å². The lowest BCUT2D eigenvalue weighted by Crippen LogP contribution is -2.39. The van der Waals surface area contributed by atoms with Gasteiger partial charge in [0, 0.05) is 38.5 Å². The largest absolute Gasteiger partial charge is 0.341 e. The van der Waals surface area contributed by atoms with E-state index in [4.69, 9.17) is 0 Å². The maximum Gasteiger partial charge on any atom is 0.225 e. The Hall–Kier alpha value is -1.06. The summed E-state index contributed by atoms with van der Waals surface area (Å²) in [6.07, 6.45) is 4.45. The Bertz CT molecular complexity index is 305. The molecule has 1 unspecified atom stereocenters. The monoisotopic (exact) mass is 268 g/mol. The summed E-state index contributed by atoms with van der Waals surface area (Å²) in [4.78, 5) is 28.0. The van der Waals surface area contributed by atoms with Gasteiger partial charge >= 0.3 is 0 Å². The Kier molecular flexibility index (Phi) is 6.89. The number of hydrogen-bond donors (Lipinski definition) is 0. The van der Waals surface area contributed by atoms with E-state index in [9.17, 15) is 9.59 Å². The average molecular weight is 268 g/mol. The summed E-state index contributed by atoms with van der Waals surface area (Å²) in [6, 6.07) is 0. The van der Waals surface area contributed by atoms with Crippen LogP contribution in [-0.2, 0) is 9.59 Å². The van der Waals surface area contributed by atoms with Crippen LogP contribution in [0, 0.1) is 5.92 Å². The minimum absolute atomic E-state index is 0.0994. The first-order chi connectivity index (χ1) is 9.10.